The summed E-state index contributed by atoms with van der Waals surface area (Å²) in [6.45, 7) is 0.655. The fourth-order valence-corrected chi connectivity index (χ4v) is 2.79. The van der Waals surface area contributed by atoms with Crippen LogP contribution >= 0.6 is 31.9 Å². The number of carbonyl (C=O) groups is 1. The summed E-state index contributed by atoms with van der Waals surface area (Å²) in [6.07, 6.45) is 2.51. The summed E-state index contributed by atoms with van der Waals surface area (Å²) in [6, 6.07) is 5.39. The zero-order chi connectivity index (χ0) is 13.1. The molecule has 3 nitrogen and oxygen atoms in total. The van der Waals surface area contributed by atoms with E-state index in [9.17, 15) is 4.79 Å². The normalized spacial score (nSPS) is 16.2. The maximum atomic E-state index is 12.1. The van der Waals surface area contributed by atoms with Crippen LogP contribution in [0.15, 0.2) is 22.7 Å². The van der Waals surface area contributed by atoms with E-state index in [-0.39, 0.29) is 5.91 Å². The first kappa shape index (κ1) is 13.9. The minimum Gasteiger partial charge on any atom is -0.496 e. The Hall–Kier alpha value is -0.550. The van der Waals surface area contributed by atoms with Crippen molar-refractivity contribution in [3.05, 3.63) is 28.2 Å². The molecule has 98 valence electrons. The smallest absolute Gasteiger partial charge is 0.255 e. The number of hydrogen-bond acceptors (Lipinski definition) is 2. The van der Waals surface area contributed by atoms with Crippen molar-refractivity contribution in [2.45, 2.75) is 17.7 Å². The maximum Gasteiger partial charge on any atom is 0.255 e. The molecule has 0 aromatic heterocycles. The Balaban J connectivity index is 1.99. The highest BCUT2D eigenvalue weighted by Crippen LogP contribution is 2.36. The van der Waals surface area contributed by atoms with Crippen molar-refractivity contribution < 1.29 is 9.53 Å². The van der Waals surface area contributed by atoms with Gasteiger partial charge < -0.3 is 10.1 Å². The highest BCUT2D eigenvalue weighted by Gasteiger charge is 2.29. The van der Waals surface area contributed by atoms with Crippen molar-refractivity contribution in [2.75, 3.05) is 13.7 Å². The summed E-state index contributed by atoms with van der Waals surface area (Å²) < 4.78 is 6.11. The molecule has 1 N–H and O–H groups in total. The molecule has 0 spiro atoms. The van der Waals surface area contributed by atoms with Crippen LogP contribution in [0.5, 0.6) is 5.75 Å². The number of hydrogen-bond donors (Lipinski definition) is 1. The standard InChI is InChI=1S/C13H15Br2NO2/c1-18-12-6-9(14)4-5-10(12)13(17)16-7-11(15)8-2-3-8/h4-6,8,11H,2-3,7H2,1H3,(H,16,17). The monoisotopic (exact) mass is 375 g/mol. The van der Waals surface area contributed by atoms with Crippen LogP contribution in [0.4, 0.5) is 0 Å². The van der Waals surface area contributed by atoms with E-state index in [0.29, 0.717) is 22.7 Å². The molecule has 0 aliphatic heterocycles. The lowest BCUT2D eigenvalue weighted by Crippen LogP contribution is -2.30. The van der Waals surface area contributed by atoms with Crippen LogP contribution < -0.4 is 10.1 Å². The zero-order valence-electron chi connectivity index (χ0n) is 10.1. The number of amides is 1. The molecule has 1 aromatic rings. The third kappa shape index (κ3) is 3.48. The average molecular weight is 377 g/mol. The van der Waals surface area contributed by atoms with E-state index in [1.165, 1.54) is 12.8 Å². The molecule has 1 unspecified atom stereocenters. The van der Waals surface area contributed by atoms with E-state index in [4.69, 9.17) is 4.74 Å². The lowest BCUT2D eigenvalue weighted by molar-refractivity contribution is 0.0950. The summed E-state index contributed by atoms with van der Waals surface area (Å²) >= 11 is 6.96. The van der Waals surface area contributed by atoms with Gasteiger partial charge in [0.15, 0.2) is 0 Å². The summed E-state index contributed by atoms with van der Waals surface area (Å²) in [5.74, 6) is 1.21. The number of carbonyl (C=O) groups excluding carboxylic acids is 1. The molecule has 1 aromatic carbocycles. The van der Waals surface area contributed by atoms with E-state index in [0.717, 1.165) is 10.4 Å². The third-order valence-corrected chi connectivity index (χ3v) is 4.56. The van der Waals surface area contributed by atoms with Gasteiger partial charge in [0.1, 0.15) is 5.75 Å². The number of rotatable bonds is 5. The fourth-order valence-electron chi connectivity index (χ4n) is 1.76. The third-order valence-electron chi connectivity index (χ3n) is 3.00. The first-order valence-electron chi connectivity index (χ1n) is 5.87. The van der Waals surface area contributed by atoms with Gasteiger partial charge in [0.2, 0.25) is 0 Å². The van der Waals surface area contributed by atoms with Gasteiger partial charge in [0, 0.05) is 15.8 Å². The molecular formula is C13H15Br2NO2. The lowest BCUT2D eigenvalue weighted by Gasteiger charge is -2.12. The van der Waals surface area contributed by atoms with E-state index < -0.39 is 0 Å². The van der Waals surface area contributed by atoms with Gasteiger partial charge in [-0.25, -0.2) is 0 Å². The van der Waals surface area contributed by atoms with Crippen LogP contribution in [0.2, 0.25) is 0 Å². The first-order valence-corrected chi connectivity index (χ1v) is 7.58. The van der Waals surface area contributed by atoms with Gasteiger partial charge in [0.05, 0.1) is 12.7 Å². The molecule has 2 rings (SSSR count). The van der Waals surface area contributed by atoms with Gasteiger partial charge in [-0.1, -0.05) is 31.9 Å². The van der Waals surface area contributed by atoms with Crippen LogP contribution in [0.3, 0.4) is 0 Å². The second kappa shape index (κ2) is 6.06. The lowest BCUT2D eigenvalue weighted by atomic mass is 10.2. The summed E-state index contributed by atoms with van der Waals surface area (Å²) in [4.78, 5) is 12.4. The second-order valence-electron chi connectivity index (χ2n) is 4.41. The molecule has 0 radical (unpaired) electrons. The molecule has 0 bridgehead atoms. The SMILES string of the molecule is COc1cc(Br)ccc1C(=O)NCC(Br)C1CC1. The van der Waals surface area contributed by atoms with Gasteiger partial charge in [0.25, 0.3) is 5.91 Å². The first-order chi connectivity index (χ1) is 8.61. The predicted octanol–water partition coefficient (Wildman–Crippen LogP) is 3.36. The summed E-state index contributed by atoms with van der Waals surface area (Å²) in [7, 11) is 1.57. The molecule has 0 heterocycles. The molecule has 1 fully saturated rings. The molecule has 1 atom stereocenters. The molecule has 1 amide bonds. The largest absolute Gasteiger partial charge is 0.496 e. The molecule has 1 saturated carbocycles. The van der Waals surface area contributed by atoms with Gasteiger partial charge in [-0.15, -0.1) is 0 Å². The average Bonchev–Trinajstić information content (AvgIpc) is 3.19. The van der Waals surface area contributed by atoms with Crippen molar-refractivity contribution >= 4 is 37.8 Å². The molecule has 5 heteroatoms. The topological polar surface area (TPSA) is 38.3 Å². The molecule has 18 heavy (non-hydrogen) atoms. The predicted molar refractivity (Wildman–Crippen MR) is 78.5 cm³/mol. The molecule has 1 aliphatic rings. The molecule has 1 aliphatic carbocycles. The van der Waals surface area contributed by atoms with Gasteiger partial charge in [-0.3, -0.25) is 4.79 Å². The van der Waals surface area contributed by atoms with Crippen molar-refractivity contribution in [1.29, 1.82) is 0 Å². The quantitative estimate of drug-likeness (QED) is 0.800. The maximum absolute atomic E-state index is 12.1. The van der Waals surface area contributed by atoms with Crippen LogP contribution in [0.25, 0.3) is 0 Å². The second-order valence-corrected chi connectivity index (χ2v) is 6.50. The van der Waals surface area contributed by atoms with E-state index in [1.54, 1.807) is 19.2 Å². The Morgan fingerprint density at radius 3 is 2.89 bits per heavy atom. The number of nitrogens with one attached hydrogen (secondary N) is 1. The zero-order valence-corrected chi connectivity index (χ0v) is 13.3. The van der Waals surface area contributed by atoms with Crippen molar-refractivity contribution in [1.82, 2.24) is 5.32 Å². The minimum absolute atomic E-state index is 0.0931. The summed E-state index contributed by atoms with van der Waals surface area (Å²) in [5, 5.41) is 2.93. The summed E-state index contributed by atoms with van der Waals surface area (Å²) in [5.41, 5.74) is 0.566. The van der Waals surface area contributed by atoms with Gasteiger partial charge >= 0.3 is 0 Å². The Bertz CT molecular complexity index is 447. The number of benzene rings is 1. The van der Waals surface area contributed by atoms with Gasteiger partial charge in [-0.05, 0) is 37.0 Å². The number of ether oxygens (including phenoxy) is 1. The van der Waals surface area contributed by atoms with E-state index in [2.05, 4.69) is 37.2 Å². The molecular weight excluding hydrogens is 362 g/mol. The fraction of sp³-hybridized carbons (Fsp3) is 0.462. The molecule has 0 saturated heterocycles. The Morgan fingerprint density at radius 2 is 2.28 bits per heavy atom. The Labute approximate surface area is 124 Å². The van der Waals surface area contributed by atoms with E-state index >= 15 is 0 Å². The number of alkyl halides is 1. The highest BCUT2D eigenvalue weighted by atomic mass is 79.9. The van der Waals surface area contributed by atoms with Crippen LogP contribution in [0, 0.1) is 5.92 Å². The number of methoxy groups -OCH3 is 1. The van der Waals surface area contributed by atoms with Crippen molar-refractivity contribution in [2.24, 2.45) is 5.92 Å². The minimum atomic E-state index is -0.0931. The highest BCUT2D eigenvalue weighted by molar-refractivity contribution is 9.10. The van der Waals surface area contributed by atoms with Crippen LogP contribution in [-0.2, 0) is 0 Å². The van der Waals surface area contributed by atoms with Gasteiger partial charge in [-0.2, -0.15) is 0 Å². The van der Waals surface area contributed by atoms with Crippen molar-refractivity contribution in [3.63, 3.8) is 0 Å². The van der Waals surface area contributed by atoms with Crippen molar-refractivity contribution in [3.8, 4) is 5.75 Å². The Kier molecular flexibility index (Phi) is 4.67. The van der Waals surface area contributed by atoms with Crippen LogP contribution in [0.1, 0.15) is 23.2 Å². The van der Waals surface area contributed by atoms with Crippen LogP contribution in [-0.4, -0.2) is 24.4 Å². The number of halogens is 2. The van der Waals surface area contributed by atoms with E-state index in [1.807, 2.05) is 6.07 Å². The Morgan fingerprint density at radius 1 is 1.56 bits per heavy atom.